The highest BCUT2D eigenvalue weighted by molar-refractivity contribution is 5.71. The van der Waals surface area contributed by atoms with Crippen LogP contribution in [-0.2, 0) is 4.79 Å². The average molecular weight is 315 g/mol. The van der Waals surface area contributed by atoms with Gasteiger partial charge in [-0.1, -0.05) is 12.1 Å². The summed E-state index contributed by atoms with van der Waals surface area (Å²) in [5.74, 6) is -1.08. The molecule has 2 heterocycles. The standard InChI is InChI=1S/C17H18FN3O2/c1-11-9-19-17(21-8-4-5-12(10-21)16(22)23)20-15(11)13-6-2-3-7-14(13)18/h2-3,6-7,9,12H,4-5,8,10H2,1H3,(H,22,23). The van der Waals surface area contributed by atoms with Crippen molar-refractivity contribution in [3.8, 4) is 11.3 Å². The van der Waals surface area contributed by atoms with E-state index in [2.05, 4.69) is 9.97 Å². The summed E-state index contributed by atoms with van der Waals surface area (Å²) in [6.45, 7) is 2.93. The summed E-state index contributed by atoms with van der Waals surface area (Å²) in [6, 6.07) is 6.49. The van der Waals surface area contributed by atoms with Gasteiger partial charge in [-0.05, 0) is 37.5 Å². The number of carbonyl (C=O) groups is 1. The van der Waals surface area contributed by atoms with E-state index in [4.69, 9.17) is 0 Å². The topological polar surface area (TPSA) is 66.3 Å². The highest BCUT2D eigenvalue weighted by Gasteiger charge is 2.27. The third-order valence-electron chi connectivity index (χ3n) is 4.14. The van der Waals surface area contributed by atoms with Crippen molar-refractivity contribution in [2.24, 2.45) is 5.92 Å². The summed E-state index contributed by atoms with van der Waals surface area (Å²) in [5, 5.41) is 9.20. The van der Waals surface area contributed by atoms with Gasteiger partial charge < -0.3 is 10.0 Å². The van der Waals surface area contributed by atoms with Gasteiger partial charge in [0.05, 0.1) is 11.6 Å². The van der Waals surface area contributed by atoms with E-state index in [1.54, 1.807) is 24.4 Å². The average Bonchev–Trinajstić information content (AvgIpc) is 2.56. The maximum atomic E-state index is 14.0. The predicted octanol–water partition coefficient (Wildman–Crippen LogP) is 2.89. The molecule has 3 rings (SSSR count). The number of hydrogen-bond donors (Lipinski definition) is 1. The van der Waals surface area contributed by atoms with Gasteiger partial charge in [0, 0.05) is 24.8 Å². The van der Waals surface area contributed by atoms with Crippen LogP contribution in [0, 0.1) is 18.7 Å². The molecular formula is C17H18FN3O2. The van der Waals surface area contributed by atoms with Crippen molar-refractivity contribution >= 4 is 11.9 Å². The van der Waals surface area contributed by atoms with Gasteiger partial charge in [0.15, 0.2) is 0 Å². The Balaban J connectivity index is 1.95. The lowest BCUT2D eigenvalue weighted by atomic mass is 9.98. The fraction of sp³-hybridized carbons (Fsp3) is 0.353. The number of piperidine rings is 1. The molecule has 0 saturated carbocycles. The highest BCUT2D eigenvalue weighted by atomic mass is 19.1. The van der Waals surface area contributed by atoms with Gasteiger partial charge in [-0.3, -0.25) is 4.79 Å². The molecule has 1 aromatic heterocycles. The fourth-order valence-corrected chi connectivity index (χ4v) is 2.87. The third kappa shape index (κ3) is 3.16. The molecular weight excluding hydrogens is 297 g/mol. The molecule has 0 amide bonds. The van der Waals surface area contributed by atoms with Crippen LogP contribution in [0.25, 0.3) is 11.3 Å². The lowest BCUT2D eigenvalue weighted by molar-refractivity contribution is -0.141. The van der Waals surface area contributed by atoms with Gasteiger partial charge in [0.2, 0.25) is 5.95 Å². The zero-order chi connectivity index (χ0) is 16.4. The van der Waals surface area contributed by atoms with Crippen LogP contribution < -0.4 is 4.90 Å². The number of halogens is 1. The van der Waals surface area contributed by atoms with Crippen LogP contribution in [0.1, 0.15) is 18.4 Å². The van der Waals surface area contributed by atoms with Crippen molar-refractivity contribution in [2.75, 3.05) is 18.0 Å². The number of rotatable bonds is 3. The maximum absolute atomic E-state index is 14.0. The first-order valence-electron chi connectivity index (χ1n) is 7.62. The van der Waals surface area contributed by atoms with E-state index in [0.29, 0.717) is 36.7 Å². The first-order chi connectivity index (χ1) is 11.1. The number of aromatic nitrogens is 2. The molecule has 1 N–H and O–H groups in total. The Labute approximate surface area is 133 Å². The van der Waals surface area contributed by atoms with Crippen LogP contribution in [0.3, 0.4) is 0 Å². The summed E-state index contributed by atoms with van der Waals surface area (Å²) in [6.07, 6.45) is 3.11. The Morgan fingerprint density at radius 1 is 1.39 bits per heavy atom. The molecule has 1 fully saturated rings. The first-order valence-corrected chi connectivity index (χ1v) is 7.62. The quantitative estimate of drug-likeness (QED) is 0.943. The lowest BCUT2D eigenvalue weighted by Gasteiger charge is -2.31. The molecule has 0 spiro atoms. The number of hydrogen-bond acceptors (Lipinski definition) is 4. The van der Waals surface area contributed by atoms with Gasteiger partial charge in [0.25, 0.3) is 0 Å². The molecule has 1 aliphatic rings. The van der Waals surface area contributed by atoms with Crippen molar-refractivity contribution < 1.29 is 14.3 Å². The molecule has 1 atom stereocenters. The fourth-order valence-electron chi connectivity index (χ4n) is 2.87. The molecule has 0 radical (unpaired) electrons. The molecule has 1 saturated heterocycles. The van der Waals surface area contributed by atoms with Crippen LogP contribution in [0.15, 0.2) is 30.5 Å². The second-order valence-electron chi connectivity index (χ2n) is 5.80. The lowest BCUT2D eigenvalue weighted by Crippen LogP contribution is -2.39. The number of anilines is 1. The van der Waals surface area contributed by atoms with E-state index in [1.165, 1.54) is 6.07 Å². The second-order valence-corrected chi connectivity index (χ2v) is 5.80. The zero-order valence-electron chi connectivity index (χ0n) is 12.9. The molecule has 0 bridgehead atoms. The Bertz CT molecular complexity index is 736. The van der Waals surface area contributed by atoms with Crippen LogP contribution >= 0.6 is 0 Å². The smallest absolute Gasteiger partial charge is 0.308 e. The predicted molar refractivity (Wildman–Crippen MR) is 84.7 cm³/mol. The summed E-state index contributed by atoms with van der Waals surface area (Å²) in [4.78, 5) is 21.9. The highest BCUT2D eigenvalue weighted by Crippen LogP contribution is 2.27. The maximum Gasteiger partial charge on any atom is 0.308 e. The van der Waals surface area contributed by atoms with Crippen LogP contribution in [-0.4, -0.2) is 34.1 Å². The van der Waals surface area contributed by atoms with Crippen LogP contribution in [0.5, 0.6) is 0 Å². The zero-order valence-corrected chi connectivity index (χ0v) is 12.9. The minimum absolute atomic E-state index is 0.331. The molecule has 1 unspecified atom stereocenters. The SMILES string of the molecule is Cc1cnc(N2CCCC(C(=O)O)C2)nc1-c1ccccc1F. The number of carboxylic acid groups (broad SMARTS) is 1. The Morgan fingerprint density at radius 3 is 2.91 bits per heavy atom. The minimum Gasteiger partial charge on any atom is -0.481 e. The molecule has 6 heteroatoms. The number of aryl methyl sites for hydroxylation is 1. The Kier molecular flexibility index (Phi) is 4.23. The van der Waals surface area contributed by atoms with Crippen molar-refractivity contribution in [3.05, 3.63) is 41.8 Å². The number of carboxylic acids is 1. The van der Waals surface area contributed by atoms with E-state index in [-0.39, 0.29) is 5.82 Å². The van der Waals surface area contributed by atoms with Crippen molar-refractivity contribution in [1.82, 2.24) is 9.97 Å². The molecule has 1 aromatic carbocycles. The molecule has 2 aromatic rings. The summed E-state index contributed by atoms with van der Waals surface area (Å²) < 4.78 is 14.0. The normalized spacial score (nSPS) is 18.0. The summed E-state index contributed by atoms with van der Waals surface area (Å²) >= 11 is 0. The van der Waals surface area contributed by atoms with Crippen LogP contribution in [0.2, 0.25) is 0 Å². The monoisotopic (exact) mass is 315 g/mol. The van der Waals surface area contributed by atoms with Gasteiger partial charge in [0.1, 0.15) is 5.82 Å². The largest absolute Gasteiger partial charge is 0.481 e. The third-order valence-corrected chi connectivity index (χ3v) is 4.14. The summed E-state index contributed by atoms with van der Waals surface area (Å²) in [5.41, 5.74) is 1.76. The molecule has 1 aliphatic heterocycles. The minimum atomic E-state index is -0.795. The van der Waals surface area contributed by atoms with E-state index >= 15 is 0 Å². The first kappa shape index (κ1) is 15.4. The van der Waals surface area contributed by atoms with E-state index in [0.717, 1.165) is 12.0 Å². The van der Waals surface area contributed by atoms with Gasteiger partial charge >= 0.3 is 5.97 Å². The van der Waals surface area contributed by atoms with E-state index in [1.807, 2.05) is 11.8 Å². The van der Waals surface area contributed by atoms with Crippen molar-refractivity contribution in [3.63, 3.8) is 0 Å². The van der Waals surface area contributed by atoms with E-state index in [9.17, 15) is 14.3 Å². The molecule has 5 nitrogen and oxygen atoms in total. The molecule has 120 valence electrons. The van der Waals surface area contributed by atoms with Gasteiger partial charge in [-0.2, -0.15) is 0 Å². The number of benzene rings is 1. The summed E-state index contributed by atoms with van der Waals surface area (Å²) in [7, 11) is 0. The Hall–Kier alpha value is -2.50. The van der Waals surface area contributed by atoms with Gasteiger partial charge in [-0.25, -0.2) is 14.4 Å². The Morgan fingerprint density at radius 2 is 2.17 bits per heavy atom. The number of nitrogens with zero attached hydrogens (tertiary/aromatic N) is 3. The van der Waals surface area contributed by atoms with Gasteiger partial charge in [-0.15, -0.1) is 0 Å². The number of aliphatic carboxylic acids is 1. The molecule has 23 heavy (non-hydrogen) atoms. The van der Waals surface area contributed by atoms with Crippen molar-refractivity contribution in [2.45, 2.75) is 19.8 Å². The second kappa shape index (κ2) is 6.32. The van der Waals surface area contributed by atoms with Crippen LogP contribution in [0.4, 0.5) is 10.3 Å². The van der Waals surface area contributed by atoms with Crippen molar-refractivity contribution in [1.29, 1.82) is 0 Å². The molecule has 0 aliphatic carbocycles. The van der Waals surface area contributed by atoms with E-state index < -0.39 is 11.9 Å².